The van der Waals surface area contributed by atoms with Gasteiger partial charge in [-0.05, 0) is 51.0 Å². The molecule has 1 amide bonds. The molecule has 7 heteroatoms. The Morgan fingerprint density at radius 2 is 2.04 bits per heavy atom. The number of benzene rings is 1. The minimum Gasteiger partial charge on any atom is -0.465 e. The number of pyridine rings is 1. The van der Waals surface area contributed by atoms with Gasteiger partial charge in [0.25, 0.3) is 5.91 Å². The minimum atomic E-state index is -0.448. The van der Waals surface area contributed by atoms with Crippen molar-refractivity contribution in [3.63, 3.8) is 0 Å². The Morgan fingerprint density at radius 1 is 1.25 bits per heavy atom. The maximum Gasteiger partial charge on any atom is 0.337 e. The van der Waals surface area contributed by atoms with Gasteiger partial charge in [0, 0.05) is 23.3 Å². The number of aromatic nitrogens is 3. The summed E-state index contributed by atoms with van der Waals surface area (Å²) in [4.78, 5) is 29.6. The normalized spacial score (nSPS) is 13.7. The van der Waals surface area contributed by atoms with Gasteiger partial charge in [0.1, 0.15) is 0 Å². The number of ether oxygens (including phenoxy) is 1. The van der Waals surface area contributed by atoms with Gasteiger partial charge in [-0.25, -0.2) is 14.5 Å². The quantitative estimate of drug-likeness (QED) is 0.680. The fourth-order valence-electron chi connectivity index (χ4n) is 3.23. The van der Waals surface area contributed by atoms with Crippen molar-refractivity contribution >= 4 is 28.6 Å². The van der Waals surface area contributed by atoms with E-state index < -0.39 is 5.97 Å². The second-order valence-electron chi connectivity index (χ2n) is 7.32. The van der Waals surface area contributed by atoms with Gasteiger partial charge >= 0.3 is 5.97 Å². The summed E-state index contributed by atoms with van der Waals surface area (Å²) in [7, 11) is 1.33. The molecule has 0 unspecified atom stereocenters. The summed E-state index contributed by atoms with van der Waals surface area (Å²) < 4.78 is 6.58. The van der Waals surface area contributed by atoms with Crippen molar-refractivity contribution in [2.24, 2.45) is 0 Å². The number of hydrogen-bond acceptors (Lipinski definition) is 5. The van der Waals surface area contributed by atoms with Crippen molar-refractivity contribution in [3.05, 3.63) is 53.3 Å². The van der Waals surface area contributed by atoms with E-state index in [-0.39, 0.29) is 11.9 Å². The standard InChI is InChI=1S/C21H22N4O3/c1-12(2)25-19-17(11-22-25)16(10-18(24-19)13-7-8-13)20(26)23-15-6-4-5-14(9-15)21(27)28-3/h4-6,9-13H,7-8H2,1-3H3,(H,23,26). The summed E-state index contributed by atoms with van der Waals surface area (Å²) in [6.07, 6.45) is 3.88. The summed E-state index contributed by atoms with van der Waals surface area (Å²) in [5, 5.41) is 8.03. The molecule has 3 aromatic rings. The first-order valence-electron chi connectivity index (χ1n) is 9.36. The van der Waals surface area contributed by atoms with Gasteiger partial charge in [0.05, 0.1) is 29.8 Å². The van der Waals surface area contributed by atoms with E-state index in [1.165, 1.54) is 7.11 Å². The third-order valence-electron chi connectivity index (χ3n) is 4.86. The Morgan fingerprint density at radius 3 is 2.71 bits per heavy atom. The minimum absolute atomic E-state index is 0.145. The lowest BCUT2D eigenvalue weighted by molar-refractivity contribution is 0.0600. The van der Waals surface area contributed by atoms with Gasteiger partial charge in [-0.3, -0.25) is 4.79 Å². The molecule has 2 heterocycles. The highest BCUT2D eigenvalue weighted by Gasteiger charge is 2.28. The van der Waals surface area contributed by atoms with Crippen molar-refractivity contribution in [1.29, 1.82) is 0 Å². The Kier molecular flexibility index (Phi) is 4.58. The third kappa shape index (κ3) is 3.35. The highest BCUT2D eigenvalue weighted by molar-refractivity contribution is 6.12. The molecule has 0 aliphatic heterocycles. The SMILES string of the molecule is COC(=O)c1cccc(NC(=O)c2cc(C3CC3)nc3c2cnn3C(C)C)c1. The predicted octanol–water partition coefficient (Wildman–Crippen LogP) is 3.93. The second kappa shape index (κ2) is 7.07. The van der Waals surface area contributed by atoms with E-state index in [0.717, 1.165) is 29.6 Å². The lowest BCUT2D eigenvalue weighted by Crippen LogP contribution is -2.14. The van der Waals surface area contributed by atoms with Crippen molar-refractivity contribution in [1.82, 2.24) is 14.8 Å². The molecule has 0 atom stereocenters. The topological polar surface area (TPSA) is 86.1 Å². The van der Waals surface area contributed by atoms with Gasteiger partial charge in [-0.15, -0.1) is 0 Å². The van der Waals surface area contributed by atoms with Gasteiger partial charge in [-0.1, -0.05) is 6.07 Å². The molecule has 1 N–H and O–H groups in total. The molecule has 0 bridgehead atoms. The molecule has 0 radical (unpaired) electrons. The molecule has 2 aromatic heterocycles. The van der Waals surface area contributed by atoms with E-state index >= 15 is 0 Å². The highest BCUT2D eigenvalue weighted by Crippen LogP contribution is 2.40. The first-order chi connectivity index (χ1) is 13.5. The first kappa shape index (κ1) is 18.2. The fourth-order valence-corrected chi connectivity index (χ4v) is 3.23. The largest absolute Gasteiger partial charge is 0.465 e. The van der Waals surface area contributed by atoms with Crippen LogP contribution in [0, 0.1) is 0 Å². The number of carbonyl (C=O) groups excluding carboxylic acids is 2. The van der Waals surface area contributed by atoms with Crippen LogP contribution in [0.5, 0.6) is 0 Å². The number of nitrogens with zero attached hydrogens (tertiary/aromatic N) is 3. The molecular weight excluding hydrogens is 356 g/mol. The Hall–Kier alpha value is -3.22. The second-order valence-corrected chi connectivity index (χ2v) is 7.32. The van der Waals surface area contributed by atoms with Crippen LogP contribution in [-0.2, 0) is 4.74 Å². The van der Waals surface area contributed by atoms with Gasteiger partial charge < -0.3 is 10.1 Å². The maximum atomic E-state index is 13.1. The molecule has 1 aliphatic rings. The van der Waals surface area contributed by atoms with E-state index in [1.807, 2.05) is 24.6 Å². The number of anilines is 1. The number of carbonyl (C=O) groups is 2. The molecule has 0 saturated heterocycles. The van der Waals surface area contributed by atoms with Crippen LogP contribution >= 0.6 is 0 Å². The lowest BCUT2D eigenvalue weighted by Gasteiger charge is -2.11. The van der Waals surface area contributed by atoms with Crippen molar-refractivity contribution in [2.45, 2.75) is 38.6 Å². The Bertz CT molecular complexity index is 1070. The van der Waals surface area contributed by atoms with Crippen LogP contribution in [0.15, 0.2) is 36.5 Å². The van der Waals surface area contributed by atoms with Crippen molar-refractivity contribution < 1.29 is 14.3 Å². The Labute approximate surface area is 162 Å². The summed E-state index contributed by atoms with van der Waals surface area (Å²) in [6, 6.07) is 8.70. The molecule has 144 valence electrons. The summed E-state index contributed by atoms with van der Waals surface area (Å²) in [6.45, 7) is 4.08. The number of rotatable bonds is 5. The van der Waals surface area contributed by atoms with Crippen LogP contribution < -0.4 is 5.32 Å². The van der Waals surface area contributed by atoms with Gasteiger partial charge in [-0.2, -0.15) is 5.10 Å². The van der Waals surface area contributed by atoms with Crippen LogP contribution in [0.2, 0.25) is 0 Å². The van der Waals surface area contributed by atoms with Crippen LogP contribution in [0.4, 0.5) is 5.69 Å². The number of nitrogens with one attached hydrogen (secondary N) is 1. The van der Waals surface area contributed by atoms with Crippen molar-refractivity contribution in [3.8, 4) is 0 Å². The van der Waals surface area contributed by atoms with Crippen molar-refractivity contribution in [2.75, 3.05) is 12.4 Å². The average molecular weight is 378 g/mol. The van der Waals surface area contributed by atoms with E-state index in [9.17, 15) is 9.59 Å². The molecular formula is C21H22N4O3. The number of esters is 1. The predicted molar refractivity (Wildman–Crippen MR) is 106 cm³/mol. The van der Waals surface area contributed by atoms with E-state index in [0.29, 0.717) is 22.7 Å². The first-order valence-corrected chi connectivity index (χ1v) is 9.36. The van der Waals surface area contributed by atoms with E-state index in [2.05, 4.69) is 10.4 Å². The van der Waals surface area contributed by atoms with Crippen LogP contribution in [-0.4, -0.2) is 33.8 Å². The lowest BCUT2D eigenvalue weighted by atomic mass is 10.1. The molecule has 1 fully saturated rings. The smallest absolute Gasteiger partial charge is 0.337 e. The summed E-state index contributed by atoms with van der Waals surface area (Å²) in [5.41, 5.74) is 3.12. The Balaban J connectivity index is 1.72. The fraction of sp³-hybridized carbons (Fsp3) is 0.333. The zero-order valence-electron chi connectivity index (χ0n) is 16.1. The summed E-state index contributed by atoms with van der Waals surface area (Å²) >= 11 is 0. The molecule has 1 aliphatic carbocycles. The monoisotopic (exact) mass is 378 g/mol. The zero-order chi connectivity index (χ0) is 19.8. The highest BCUT2D eigenvalue weighted by atomic mass is 16.5. The number of amides is 1. The van der Waals surface area contributed by atoms with Crippen LogP contribution in [0.25, 0.3) is 11.0 Å². The molecule has 7 nitrogen and oxygen atoms in total. The van der Waals surface area contributed by atoms with Gasteiger partial charge in [0.15, 0.2) is 5.65 Å². The number of methoxy groups -OCH3 is 1. The van der Waals surface area contributed by atoms with Crippen LogP contribution in [0.3, 0.4) is 0 Å². The van der Waals surface area contributed by atoms with Gasteiger partial charge in [0.2, 0.25) is 0 Å². The van der Waals surface area contributed by atoms with Crippen LogP contribution in [0.1, 0.15) is 65.1 Å². The average Bonchev–Trinajstić information content (AvgIpc) is 3.45. The zero-order valence-corrected chi connectivity index (χ0v) is 16.1. The van der Waals surface area contributed by atoms with E-state index in [4.69, 9.17) is 9.72 Å². The maximum absolute atomic E-state index is 13.1. The number of hydrogen-bond donors (Lipinski definition) is 1. The molecule has 1 aromatic carbocycles. The summed E-state index contributed by atoms with van der Waals surface area (Å²) in [5.74, 6) is -0.287. The molecule has 4 rings (SSSR count). The molecule has 1 saturated carbocycles. The third-order valence-corrected chi connectivity index (χ3v) is 4.86. The van der Waals surface area contributed by atoms with E-state index in [1.54, 1.807) is 30.5 Å². The number of fused-ring (bicyclic) bond motifs is 1. The molecule has 0 spiro atoms. The molecule has 28 heavy (non-hydrogen) atoms.